The van der Waals surface area contributed by atoms with Crippen LogP contribution in [-0.4, -0.2) is 9.55 Å². The molecule has 2 heterocycles. The molecule has 0 atom stereocenters. The zero-order chi connectivity index (χ0) is 22.9. The van der Waals surface area contributed by atoms with Crippen molar-refractivity contribution in [2.24, 2.45) is 0 Å². The van der Waals surface area contributed by atoms with Crippen LogP contribution in [0.5, 0.6) is 0 Å². The minimum Gasteiger partial charge on any atom is -0.268 e. The molecule has 3 aromatic carbocycles. The number of rotatable bonds is 5. The Labute approximate surface area is 209 Å². The first-order valence-electron chi connectivity index (χ1n) is 10.3. The highest BCUT2D eigenvalue weighted by Crippen LogP contribution is 2.38. The Hall–Kier alpha value is -2.57. The standard InChI is InChI=1S/C26H18Cl2N2OS2/c1-16-22(17-9-4-2-5-10-17)23-24(33-16)29-26(30(25(23)31)18-11-6-3-7-12-18)32-15-19-20(27)13-8-14-21(19)28/h2-14H,15H2,1H3. The number of nitrogens with zero attached hydrogens (tertiary/aromatic N) is 2. The third-order valence-electron chi connectivity index (χ3n) is 5.36. The Morgan fingerprint density at radius 1 is 0.909 bits per heavy atom. The number of halogens is 2. The number of benzene rings is 3. The Morgan fingerprint density at radius 2 is 1.55 bits per heavy atom. The van der Waals surface area contributed by atoms with E-state index in [1.165, 1.54) is 11.8 Å². The second-order valence-electron chi connectivity index (χ2n) is 7.44. The molecule has 7 heteroatoms. The number of hydrogen-bond donors (Lipinski definition) is 0. The van der Waals surface area contributed by atoms with Crippen molar-refractivity contribution in [2.45, 2.75) is 17.8 Å². The molecule has 0 spiro atoms. The van der Waals surface area contributed by atoms with Gasteiger partial charge in [-0.05, 0) is 42.3 Å². The molecule has 0 radical (unpaired) electrons. The third kappa shape index (κ3) is 4.22. The van der Waals surface area contributed by atoms with Gasteiger partial charge >= 0.3 is 0 Å². The van der Waals surface area contributed by atoms with Crippen LogP contribution in [0.3, 0.4) is 0 Å². The van der Waals surface area contributed by atoms with Crippen molar-refractivity contribution < 1.29 is 0 Å². The molecule has 0 saturated carbocycles. The van der Waals surface area contributed by atoms with Crippen LogP contribution < -0.4 is 5.56 Å². The van der Waals surface area contributed by atoms with Gasteiger partial charge in [-0.1, -0.05) is 89.6 Å². The number of thiophene rings is 1. The summed E-state index contributed by atoms with van der Waals surface area (Å²) in [6.45, 7) is 2.04. The molecule has 0 fully saturated rings. The van der Waals surface area contributed by atoms with Crippen molar-refractivity contribution in [1.82, 2.24) is 9.55 Å². The lowest BCUT2D eigenvalue weighted by Gasteiger charge is -2.13. The molecule has 0 bridgehead atoms. The zero-order valence-corrected chi connectivity index (χ0v) is 20.7. The summed E-state index contributed by atoms with van der Waals surface area (Å²) >= 11 is 15.8. The van der Waals surface area contributed by atoms with Gasteiger partial charge in [0.25, 0.3) is 5.56 Å². The maximum Gasteiger partial charge on any atom is 0.268 e. The summed E-state index contributed by atoms with van der Waals surface area (Å²) in [5.74, 6) is 0.499. The van der Waals surface area contributed by atoms with E-state index in [4.69, 9.17) is 28.2 Å². The lowest BCUT2D eigenvalue weighted by atomic mass is 10.0. The zero-order valence-electron chi connectivity index (χ0n) is 17.6. The molecule has 0 aliphatic carbocycles. The van der Waals surface area contributed by atoms with Gasteiger partial charge in [0.05, 0.1) is 11.1 Å². The van der Waals surface area contributed by atoms with E-state index >= 15 is 0 Å². The molecule has 33 heavy (non-hydrogen) atoms. The molecular weight excluding hydrogens is 491 g/mol. The topological polar surface area (TPSA) is 34.9 Å². The van der Waals surface area contributed by atoms with Crippen LogP contribution in [0.4, 0.5) is 0 Å². The highest BCUT2D eigenvalue weighted by Gasteiger charge is 2.21. The van der Waals surface area contributed by atoms with Crippen molar-refractivity contribution in [1.29, 1.82) is 0 Å². The molecule has 0 aliphatic rings. The van der Waals surface area contributed by atoms with Crippen LogP contribution in [-0.2, 0) is 5.75 Å². The number of fused-ring (bicyclic) bond motifs is 1. The van der Waals surface area contributed by atoms with Gasteiger partial charge in [0, 0.05) is 26.2 Å². The van der Waals surface area contributed by atoms with Crippen LogP contribution in [0.2, 0.25) is 10.0 Å². The quantitative estimate of drug-likeness (QED) is 0.178. The average molecular weight is 509 g/mol. The molecule has 0 unspecified atom stereocenters. The van der Waals surface area contributed by atoms with Crippen LogP contribution >= 0.6 is 46.3 Å². The van der Waals surface area contributed by atoms with Gasteiger partial charge in [-0.2, -0.15) is 0 Å². The van der Waals surface area contributed by atoms with Crippen molar-refractivity contribution in [3.05, 3.63) is 110 Å². The summed E-state index contributed by atoms with van der Waals surface area (Å²) in [4.78, 5) is 20.7. The second kappa shape index (κ2) is 9.35. The van der Waals surface area contributed by atoms with Crippen LogP contribution in [0, 0.1) is 6.92 Å². The molecule has 5 aromatic rings. The average Bonchev–Trinajstić information content (AvgIpc) is 3.16. The predicted octanol–water partition coefficient (Wildman–Crippen LogP) is 8.02. The summed E-state index contributed by atoms with van der Waals surface area (Å²) in [7, 11) is 0. The normalized spacial score (nSPS) is 11.2. The van der Waals surface area contributed by atoms with E-state index in [0.29, 0.717) is 26.3 Å². The summed E-state index contributed by atoms with van der Waals surface area (Å²) in [5, 5.41) is 2.45. The van der Waals surface area contributed by atoms with Crippen LogP contribution in [0.15, 0.2) is 88.8 Å². The van der Waals surface area contributed by atoms with E-state index in [1.54, 1.807) is 15.9 Å². The molecule has 0 amide bonds. The smallest absolute Gasteiger partial charge is 0.268 e. The van der Waals surface area contributed by atoms with E-state index < -0.39 is 0 Å². The summed E-state index contributed by atoms with van der Waals surface area (Å²) < 4.78 is 1.69. The summed E-state index contributed by atoms with van der Waals surface area (Å²) in [6.07, 6.45) is 0. The molecule has 3 nitrogen and oxygen atoms in total. The molecule has 0 saturated heterocycles. The first kappa shape index (κ1) is 22.2. The fourth-order valence-corrected chi connectivity index (χ4v) is 6.64. The first-order valence-corrected chi connectivity index (χ1v) is 12.8. The molecule has 2 aromatic heterocycles. The van der Waals surface area contributed by atoms with Crippen molar-refractivity contribution in [3.8, 4) is 16.8 Å². The van der Waals surface area contributed by atoms with Gasteiger partial charge in [0.2, 0.25) is 0 Å². The van der Waals surface area contributed by atoms with E-state index in [2.05, 4.69) is 0 Å². The minimum atomic E-state index is -0.0813. The predicted molar refractivity (Wildman–Crippen MR) is 141 cm³/mol. The number of aryl methyl sites for hydroxylation is 1. The monoisotopic (exact) mass is 508 g/mol. The molecule has 0 N–H and O–H groups in total. The third-order valence-corrected chi connectivity index (χ3v) is 8.03. The van der Waals surface area contributed by atoms with Gasteiger partial charge < -0.3 is 0 Å². The minimum absolute atomic E-state index is 0.0813. The van der Waals surface area contributed by atoms with Crippen molar-refractivity contribution in [3.63, 3.8) is 0 Å². The van der Waals surface area contributed by atoms with Gasteiger partial charge in [-0.3, -0.25) is 9.36 Å². The first-order chi connectivity index (χ1) is 16.0. The number of para-hydroxylation sites is 1. The summed E-state index contributed by atoms with van der Waals surface area (Å²) in [6, 6.07) is 25.1. The van der Waals surface area contributed by atoms with Gasteiger partial charge in [-0.15, -0.1) is 11.3 Å². The summed E-state index contributed by atoms with van der Waals surface area (Å²) in [5.41, 5.74) is 3.48. The Balaban J connectivity index is 1.72. The van der Waals surface area contributed by atoms with E-state index in [0.717, 1.165) is 32.1 Å². The van der Waals surface area contributed by atoms with E-state index in [1.807, 2.05) is 85.8 Å². The molecular formula is C26H18Cl2N2OS2. The second-order valence-corrected chi connectivity index (χ2v) is 10.4. The molecule has 5 rings (SSSR count). The SMILES string of the molecule is Cc1sc2nc(SCc3c(Cl)cccc3Cl)n(-c3ccccc3)c(=O)c2c1-c1ccccc1. The lowest BCUT2D eigenvalue weighted by molar-refractivity contribution is 0.822. The van der Waals surface area contributed by atoms with Crippen LogP contribution in [0.25, 0.3) is 27.0 Å². The fourth-order valence-electron chi connectivity index (χ4n) is 3.80. The Bertz CT molecular complexity index is 1490. The maximum atomic E-state index is 14.0. The van der Waals surface area contributed by atoms with E-state index in [9.17, 15) is 4.79 Å². The maximum absolute atomic E-state index is 14.0. The highest BCUT2D eigenvalue weighted by atomic mass is 35.5. The van der Waals surface area contributed by atoms with Crippen molar-refractivity contribution in [2.75, 3.05) is 0 Å². The Morgan fingerprint density at radius 3 is 2.21 bits per heavy atom. The van der Waals surface area contributed by atoms with Crippen LogP contribution in [0.1, 0.15) is 10.4 Å². The number of aromatic nitrogens is 2. The van der Waals surface area contributed by atoms with E-state index in [-0.39, 0.29) is 5.56 Å². The Kier molecular flexibility index (Phi) is 6.30. The number of hydrogen-bond acceptors (Lipinski definition) is 4. The fraction of sp³-hybridized carbons (Fsp3) is 0.0769. The lowest BCUT2D eigenvalue weighted by Crippen LogP contribution is -2.21. The van der Waals surface area contributed by atoms with Gasteiger partial charge in [-0.25, -0.2) is 4.98 Å². The molecule has 0 aliphatic heterocycles. The highest BCUT2D eigenvalue weighted by molar-refractivity contribution is 7.98. The van der Waals surface area contributed by atoms with Crippen molar-refractivity contribution >= 4 is 56.5 Å². The van der Waals surface area contributed by atoms with Gasteiger partial charge in [0.15, 0.2) is 5.16 Å². The van der Waals surface area contributed by atoms with Gasteiger partial charge in [0.1, 0.15) is 4.83 Å². The largest absolute Gasteiger partial charge is 0.268 e. The number of thioether (sulfide) groups is 1. The molecule has 164 valence electrons.